The van der Waals surface area contributed by atoms with E-state index in [0.717, 1.165) is 22.8 Å². The summed E-state index contributed by atoms with van der Waals surface area (Å²) in [5.41, 5.74) is 10.7. The highest BCUT2D eigenvalue weighted by Gasteiger charge is 2.18. The fraction of sp³-hybridized carbons (Fsp3) is 0.0952. The maximum Gasteiger partial charge on any atom is 0.135 e. The molecule has 0 radical (unpaired) electrons. The summed E-state index contributed by atoms with van der Waals surface area (Å²) in [5.74, 6) is -1.06. The zero-order chi connectivity index (χ0) is 19.1. The van der Waals surface area contributed by atoms with Gasteiger partial charge in [0.1, 0.15) is 29.3 Å². The van der Waals surface area contributed by atoms with Gasteiger partial charge in [0.2, 0.25) is 0 Å². The number of aryl methyl sites for hydroxylation is 2. The largest absolute Gasteiger partial charge is 0.383 e. The molecule has 0 aliphatic rings. The first-order chi connectivity index (χ1) is 13.0. The van der Waals surface area contributed by atoms with E-state index in [0.29, 0.717) is 22.3 Å². The molecule has 0 aliphatic heterocycles. The van der Waals surface area contributed by atoms with Gasteiger partial charge in [0.25, 0.3) is 0 Å². The van der Waals surface area contributed by atoms with Crippen LogP contribution in [0, 0.1) is 25.5 Å². The predicted octanol–water partition coefficient (Wildman–Crippen LogP) is 4.84. The van der Waals surface area contributed by atoms with Gasteiger partial charge in [0.05, 0.1) is 11.4 Å². The minimum absolute atomic E-state index is 0.189. The maximum atomic E-state index is 14.4. The smallest absolute Gasteiger partial charge is 0.135 e. The van der Waals surface area contributed by atoms with Crippen molar-refractivity contribution in [1.82, 2.24) is 15.0 Å². The summed E-state index contributed by atoms with van der Waals surface area (Å²) in [5, 5.41) is 0.573. The Kier molecular flexibility index (Phi) is 4.03. The number of aromatic nitrogens is 3. The molecule has 4 rings (SSSR count). The van der Waals surface area contributed by atoms with E-state index in [9.17, 15) is 8.78 Å². The van der Waals surface area contributed by atoms with E-state index >= 15 is 0 Å². The molecule has 2 N–H and O–H groups in total. The lowest BCUT2D eigenvalue weighted by atomic mass is 9.97. The van der Waals surface area contributed by atoms with Crippen molar-refractivity contribution in [2.24, 2.45) is 0 Å². The number of halogens is 2. The van der Waals surface area contributed by atoms with Crippen molar-refractivity contribution in [3.8, 4) is 22.5 Å². The molecule has 27 heavy (non-hydrogen) atoms. The standard InChI is InChI=1S/C21H16F2N4/c1-11-4-3-5-12(2)18(11)20-19-15(21(24)26-10-25-19)9-17(27-20)14-7-6-13(22)8-16(14)23/h3-10H,1-2H3,(H2,24,25,26). The molecule has 4 aromatic rings. The van der Waals surface area contributed by atoms with Gasteiger partial charge in [-0.05, 0) is 43.2 Å². The van der Waals surface area contributed by atoms with Crippen molar-refractivity contribution in [3.05, 3.63) is 71.6 Å². The monoisotopic (exact) mass is 362 g/mol. The number of nitrogens with two attached hydrogens (primary N) is 1. The third kappa shape index (κ3) is 2.89. The number of nitrogens with zero attached hydrogens (tertiary/aromatic N) is 3. The summed E-state index contributed by atoms with van der Waals surface area (Å²) in [6.07, 6.45) is 1.38. The summed E-state index contributed by atoms with van der Waals surface area (Å²) < 4.78 is 27.7. The van der Waals surface area contributed by atoms with Crippen molar-refractivity contribution < 1.29 is 8.78 Å². The number of hydrogen-bond acceptors (Lipinski definition) is 4. The Bertz CT molecular complexity index is 1170. The summed E-state index contributed by atoms with van der Waals surface area (Å²) in [6, 6.07) is 11.0. The Balaban J connectivity index is 2.11. The van der Waals surface area contributed by atoms with Crippen LogP contribution in [0.4, 0.5) is 14.6 Å². The van der Waals surface area contributed by atoms with Gasteiger partial charge in [-0.25, -0.2) is 23.7 Å². The second kappa shape index (κ2) is 6.39. The molecule has 0 fully saturated rings. The summed E-state index contributed by atoms with van der Waals surface area (Å²) >= 11 is 0. The lowest BCUT2D eigenvalue weighted by Gasteiger charge is -2.14. The molecule has 0 unspecified atom stereocenters. The van der Waals surface area contributed by atoms with Crippen LogP contribution < -0.4 is 5.73 Å². The summed E-state index contributed by atoms with van der Waals surface area (Å²) in [4.78, 5) is 13.1. The van der Waals surface area contributed by atoms with Crippen LogP contribution in [-0.2, 0) is 0 Å². The first-order valence-electron chi connectivity index (χ1n) is 8.39. The molecule has 0 atom stereocenters. The maximum absolute atomic E-state index is 14.4. The highest BCUT2D eigenvalue weighted by atomic mass is 19.1. The van der Waals surface area contributed by atoms with E-state index in [1.807, 2.05) is 32.0 Å². The number of pyridine rings is 1. The zero-order valence-electron chi connectivity index (χ0n) is 14.8. The van der Waals surface area contributed by atoms with E-state index in [2.05, 4.69) is 15.0 Å². The molecule has 2 aromatic heterocycles. The molecule has 4 nitrogen and oxygen atoms in total. The zero-order valence-corrected chi connectivity index (χ0v) is 14.8. The van der Waals surface area contributed by atoms with Gasteiger partial charge in [-0.3, -0.25) is 0 Å². The van der Waals surface area contributed by atoms with E-state index in [1.54, 1.807) is 6.07 Å². The predicted molar refractivity (Wildman–Crippen MR) is 102 cm³/mol. The van der Waals surface area contributed by atoms with Crippen LogP contribution in [-0.4, -0.2) is 15.0 Å². The van der Waals surface area contributed by atoms with Crippen molar-refractivity contribution in [2.75, 3.05) is 5.73 Å². The number of hydrogen-bond donors (Lipinski definition) is 1. The second-order valence-corrected chi connectivity index (χ2v) is 6.40. The fourth-order valence-electron chi connectivity index (χ4n) is 3.28. The van der Waals surface area contributed by atoms with Gasteiger partial charge in [-0.2, -0.15) is 0 Å². The Labute approximate surface area is 154 Å². The van der Waals surface area contributed by atoms with Crippen LogP contribution >= 0.6 is 0 Å². The van der Waals surface area contributed by atoms with Crippen LogP contribution in [0.1, 0.15) is 11.1 Å². The fourth-order valence-corrected chi connectivity index (χ4v) is 3.28. The molecule has 0 amide bonds. The van der Waals surface area contributed by atoms with Crippen molar-refractivity contribution in [3.63, 3.8) is 0 Å². The molecule has 6 heteroatoms. The van der Waals surface area contributed by atoms with Crippen molar-refractivity contribution in [2.45, 2.75) is 13.8 Å². The van der Waals surface area contributed by atoms with Crippen molar-refractivity contribution >= 4 is 16.7 Å². The Hall–Kier alpha value is -3.41. The molecule has 2 heterocycles. The SMILES string of the molecule is Cc1cccc(C)c1-c1nc(-c2ccc(F)cc2F)cc2c(N)ncnc12. The average Bonchev–Trinajstić information content (AvgIpc) is 2.62. The topological polar surface area (TPSA) is 64.7 Å². The van der Waals surface area contributed by atoms with Crippen LogP contribution in [0.5, 0.6) is 0 Å². The lowest BCUT2D eigenvalue weighted by Crippen LogP contribution is -2.01. The number of rotatable bonds is 2. The lowest BCUT2D eigenvalue weighted by molar-refractivity contribution is 0.585. The molecule has 0 spiro atoms. The Morgan fingerprint density at radius 2 is 1.67 bits per heavy atom. The van der Waals surface area contributed by atoms with Gasteiger partial charge in [0.15, 0.2) is 0 Å². The number of anilines is 1. The summed E-state index contributed by atoms with van der Waals surface area (Å²) in [7, 11) is 0. The molecule has 0 saturated heterocycles. The van der Waals surface area contributed by atoms with E-state index < -0.39 is 11.6 Å². The van der Waals surface area contributed by atoms with Gasteiger partial charge in [0, 0.05) is 22.6 Å². The van der Waals surface area contributed by atoms with Crippen LogP contribution in [0.15, 0.2) is 48.8 Å². The molecule has 0 aliphatic carbocycles. The van der Waals surface area contributed by atoms with E-state index in [-0.39, 0.29) is 11.4 Å². The molecule has 2 aromatic carbocycles. The highest BCUT2D eigenvalue weighted by Crippen LogP contribution is 2.35. The van der Waals surface area contributed by atoms with Gasteiger partial charge >= 0.3 is 0 Å². The first-order valence-corrected chi connectivity index (χ1v) is 8.39. The second-order valence-electron chi connectivity index (χ2n) is 6.40. The molecule has 0 saturated carbocycles. The van der Waals surface area contributed by atoms with Crippen LogP contribution in [0.3, 0.4) is 0 Å². The van der Waals surface area contributed by atoms with Crippen LogP contribution in [0.2, 0.25) is 0 Å². The van der Waals surface area contributed by atoms with E-state index in [4.69, 9.17) is 5.73 Å². The normalized spacial score (nSPS) is 11.1. The third-order valence-electron chi connectivity index (χ3n) is 4.58. The van der Waals surface area contributed by atoms with Gasteiger partial charge in [-0.1, -0.05) is 18.2 Å². The first kappa shape index (κ1) is 17.0. The molecule has 0 bridgehead atoms. The Morgan fingerprint density at radius 1 is 0.926 bits per heavy atom. The molecule has 134 valence electrons. The number of fused-ring (bicyclic) bond motifs is 1. The highest BCUT2D eigenvalue weighted by molar-refractivity contribution is 5.99. The third-order valence-corrected chi connectivity index (χ3v) is 4.58. The quantitative estimate of drug-likeness (QED) is 0.554. The molecular formula is C21H16F2N4. The average molecular weight is 362 g/mol. The number of benzene rings is 2. The van der Waals surface area contributed by atoms with Crippen molar-refractivity contribution in [1.29, 1.82) is 0 Å². The van der Waals surface area contributed by atoms with Gasteiger partial charge in [-0.15, -0.1) is 0 Å². The Morgan fingerprint density at radius 3 is 2.37 bits per heavy atom. The number of nitrogen functional groups attached to an aromatic ring is 1. The molecular weight excluding hydrogens is 346 g/mol. The van der Waals surface area contributed by atoms with Crippen LogP contribution in [0.25, 0.3) is 33.4 Å². The summed E-state index contributed by atoms with van der Waals surface area (Å²) in [6.45, 7) is 3.96. The minimum Gasteiger partial charge on any atom is -0.383 e. The minimum atomic E-state index is -0.690. The van der Waals surface area contributed by atoms with E-state index in [1.165, 1.54) is 18.5 Å². The van der Waals surface area contributed by atoms with Gasteiger partial charge < -0.3 is 5.73 Å².